The highest BCUT2D eigenvalue weighted by Gasteiger charge is 2.23. The molecule has 1 fully saturated rings. The van der Waals surface area contributed by atoms with E-state index in [9.17, 15) is 0 Å². The smallest absolute Gasteiger partial charge is 0.131 e. The molecular formula is C24H34N2O. The lowest BCUT2D eigenvalue weighted by molar-refractivity contribution is 0.297. The molecule has 2 aromatic rings. The van der Waals surface area contributed by atoms with Crippen LogP contribution in [0, 0.1) is 5.92 Å². The molecule has 0 N–H and O–H groups in total. The molecule has 3 rings (SSSR count). The zero-order chi connectivity index (χ0) is 18.9. The van der Waals surface area contributed by atoms with E-state index in [1.165, 1.54) is 62.5 Å². The van der Waals surface area contributed by atoms with Gasteiger partial charge in [0.05, 0.1) is 7.11 Å². The number of ether oxygens (including phenoxy) is 1. The lowest BCUT2D eigenvalue weighted by Crippen LogP contribution is -2.15. The normalized spacial score (nSPS) is 19.8. The van der Waals surface area contributed by atoms with Gasteiger partial charge in [0, 0.05) is 18.3 Å². The summed E-state index contributed by atoms with van der Waals surface area (Å²) < 4.78 is 5.21. The topological polar surface area (TPSA) is 35.0 Å². The molecule has 3 nitrogen and oxygen atoms in total. The molecule has 27 heavy (non-hydrogen) atoms. The summed E-state index contributed by atoms with van der Waals surface area (Å²) in [7, 11) is 1.70. The molecule has 0 saturated heterocycles. The minimum atomic E-state index is 0.572. The molecule has 1 aromatic carbocycles. The average Bonchev–Trinajstić information content (AvgIpc) is 2.74. The van der Waals surface area contributed by atoms with E-state index in [-0.39, 0.29) is 0 Å². The van der Waals surface area contributed by atoms with Crippen LogP contribution in [0.2, 0.25) is 0 Å². The van der Waals surface area contributed by atoms with Crippen molar-refractivity contribution in [3.8, 4) is 5.75 Å². The largest absolute Gasteiger partial charge is 0.497 e. The molecule has 1 aliphatic rings. The Hall–Kier alpha value is -1.90. The van der Waals surface area contributed by atoms with Crippen LogP contribution >= 0.6 is 0 Å². The number of aromatic nitrogens is 2. The van der Waals surface area contributed by atoms with E-state index in [0.29, 0.717) is 5.92 Å². The summed E-state index contributed by atoms with van der Waals surface area (Å²) in [5.41, 5.74) is 2.55. The minimum absolute atomic E-state index is 0.572. The number of aryl methyl sites for hydroxylation is 2. The highest BCUT2D eigenvalue weighted by molar-refractivity contribution is 5.27. The molecule has 3 heteroatoms. The van der Waals surface area contributed by atoms with Gasteiger partial charge in [0.25, 0.3) is 0 Å². The van der Waals surface area contributed by atoms with Crippen molar-refractivity contribution in [2.24, 2.45) is 5.92 Å². The fourth-order valence-corrected chi connectivity index (χ4v) is 4.18. The van der Waals surface area contributed by atoms with Crippen molar-refractivity contribution < 1.29 is 4.74 Å². The minimum Gasteiger partial charge on any atom is -0.497 e. The number of rotatable bonds is 9. The molecule has 0 radical (unpaired) electrons. The van der Waals surface area contributed by atoms with Gasteiger partial charge in [0.15, 0.2) is 0 Å². The Morgan fingerprint density at radius 1 is 0.889 bits per heavy atom. The van der Waals surface area contributed by atoms with Gasteiger partial charge in [-0.25, -0.2) is 9.97 Å². The quantitative estimate of drug-likeness (QED) is 0.501. The van der Waals surface area contributed by atoms with Crippen molar-refractivity contribution >= 4 is 0 Å². The summed E-state index contributed by atoms with van der Waals surface area (Å²) in [6, 6.07) is 8.31. The second-order valence-electron chi connectivity index (χ2n) is 8.01. The van der Waals surface area contributed by atoms with Gasteiger partial charge >= 0.3 is 0 Å². The van der Waals surface area contributed by atoms with E-state index < -0.39 is 0 Å². The molecule has 1 heterocycles. The van der Waals surface area contributed by atoms with Crippen molar-refractivity contribution in [2.75, 3.05) is 7.11 Å². The molecule has 146 valence electrons. The van der Waals surface area contributed by atoms with Crippen molar-refractivity contribution in [3.63, 3.8) is 0 Å². The Morgan fingerprint density at radius 2 is 1.56 bits per heavy atom. The van der Waals surface area contributed by atoms with Crippen LogP contribution in [0.4, 0.5) is 0 Å². The number of nitrogens with zero attached hydrogens (tertiary/aromatic N) is 2. The van der Waals surface area contributed by atoms with Crippen LogP contribution in [0.3, 0.4) is 0 Å². The van der Waals surface area contributed by atoms with Gasteiger partial charge < -0.3 is 4.74 Å². The molecule has 0 atom stereocenters. The van der Waals surface area contributed by atoms with Gasteiger partial charge in [-0.05, 0) is 67.7 Å². The van der Waals surface area contributed by atoms with Crippen molar-refractivity contribution in [3.05, 3.63) is 53.6 Å². The third kappa shape index (κ3) is 6.05. The Morgan fingerprint density at radius 3 is 2.19 bits per heavy atom. The Balaban J connectivity index is 1.44. The van der Waals surface area contributed by atoms with Crippen LogP contribution < -0.4 is 4.74 Å². The van der Waals surface area contributed by atoms with Crippen molar-refractivity contribution in [1.29, 1.82) is 0 Å². The molecule has 0 aliphatic heterocycles. The van der Waals surface area contributed by atoms with Crippen LogP contribution in [0.1, 0.15) is 81.2 Å². The van der Waals surface area contributed by atoms with Crippen molar-refractivity contribution in [1.82, 2.24) is 9.97 Å². The van der Waals surface area contributed by atoms with Crippen LogP contribution in [0.5, 0.6) is 5.75 Å². The summed E-state index contributed by atoms with van der Waals surface area (Å²) in [5.74, 6) is 3.49. The maximum absolute atomic E-state index is 5.21. The highest BCUT2D eigenvalue weighted by atomic mass is 16.5. The predicted octanol–water partition coefficient (Wildman–Crippen LogP) is 6.12. The number of methoxy groups -OCH3 is 1. The molecular weight excluding hydrogens is 332 g/mol. The van der Waals surface area contributed by atoms with E-state index >= 15 is 0 Å². The zero-order valence-electron chi connectivity index (χ0n) is 17.0. The first-order chi connectivity index (χ1) is 13.3. The lowest BCUT2D eigenvalue weighted by atomic mass is 9.79. The summed E-state index contributed by atoms with van der Waals surface area (Å²) in [6.45, 7) is 2.29. The highest BCUT2D eigenvalue weighted by Crippen LogP contribution is 2.36. The average molecular weight is 367 g/mol. The molecule has 0 amide bonds. The lowest BCUT2D eigenvalue weighted by Gasteiger charge is -2.27. The van der Waals surface area contributed by atoms with E-state index in [1.54, 1.807) is 7.11 Å². The fourth-order valence-electron chi connectivity index (χ4n) is 4.18. The number of unbranched alkanes of at least 4 members (excludes halogenated alkanes) is 2. The zero-order valence-corrected chi connectivity index (χ0v) is 17.0. The molecule has 1 aliphatic carbocycles. The second-order valence-corrected chi connectivity index (χ2v) is 8.01. The molecule has 0 bridgehead atoms. The van der Waals surface area contributed by atoms with Crippen LogP contribution in [-0.2, 0) is 12.8 Å². The summed E-state index contributed by atoms with van der Waals surface area (Å²) >= 11 is 0. The third-order valence-corrected chi connectivity index (χ3v) is 6.01. The fraction of sp³-hybridized carbons (Fsp3) is 0.583. The summed E-state index contributed by atoms with van der Waals surface area (Å²) in [6.07, 6.45) is 16.9. The van der Waals surface area contributed by atoms with Gasteiger partial charge in [-0.3, -0.25) is 0 Å². The maximum atomic E-state index is 5.21. The van der Waals surface area contributed by atoms with Crippen LogP contribution in [-0.4, -0.2) is 17.1 Å². The molecule has 1 saturated carbocycles. The van der Waals surface area contributed by atoms with E-state index in [0.717, 1.165) is 30.3 Å². The van der Waals surface area contributed by atoms with E-state index in [2.05, 4.69) is 19.1 Å². The van der Waals surface area contributed by atoms with E-state index in [1.807, 2.05) is 24.5 Å². The first kappa shape index (κ1) is 19.9. The monoisotopic (exact) mass is 366 g/mol. The second kappa shape index (κ2) is 10.4. The first-order valence-corrected chi connectivity index (χ1v) is 10.7. The summed E-state index contributed by atoms with van der Waals surface area (Å²) in [4.78, 5) is 9.42. The predicted molar refractivity (Wildman–Crippen MR) is 111 cm³/mol. The molecule has 1 aromatic heterocycles. The SMILES string of the molecule is CCCCCC1CCC(c2ncc(CCc3ccc(OC)cc3)cn2)CC1. The van der Waals surface area contributed by atoms with Gasteiger partial charge in [0.1, 0.15) is 11.6 Å². The summed E-state index contributed by atoms with van der Waals surface area (Å²) in [5, 5.41) is 0. The molecule has 0 spiro atoms. The van der Waals surface area contributed by atoms with Gasteiger partial charge in [-0.1, -0.05) is 44.7 Å². The first-order valence-electron chi connectivity index (χ1n) is 10.7. The number of benzene rings is 1. The van der Waals surface area contributed by atoms with E-state index in [4.69, 9.17) is 14.7 Å². The standard InChI is InChI=1S/C24H34N2O/c1-3-4-5-6-19-9-13-22(14-10-19)24-25-17-21(18-26-24)8-7-20-11-15-23(27-2)16-12-20/h11-12,15-19,22H,3-10,13-14H2,1-2H3. The van der Waals surface area contributed by atoms with Crippen molar-refractivity contribution in [2.45, 2.75) is 77.0 Å². The van der Waals surface area contributed by atoms with Gasteiger partial charge in [-0.2, -0.15) is 0 Å². The maximum Gasteiger partial charge on any atom is 0.131 e. The van der Waals surface area contributed by atoms with Crippen LogP contribution in [0.25, 0.3) is 0 Å². The van der Waals surface area contributed by atoms with Gasteiger partial charge in [-0.15, -0.1) is 0 Å². The van der Waals surface area contributed by atoms with Crippen LogP contribution in [0.15, 0.2) is 36.7 Å². The van der Waals surface area contributed by atoms with Gasteiger partial charge in [0.2, 0.25) is 0 Å². The Labute approximate surface area is 164 Å². The number of hydrogen-bond donors (Lipinski definition) is 0. The molecule has 0 unspecified atom stereocenters. The third-order valence-electron chi connectivity index (χ3n) is 6.01. The Kier molecular flexibility index (Phi) is 7.67. The Bertz CT molecular complexity index is 658. The number of hydrogen-bond acceptors (Lipinski definition) is 3.